The predicted octanol–water partition coefficient (Wildman–Crippen LogP) is 3.86. The zero-order chi connectivity index (χ0) is 20.1. The van der Waals surface area contributed by atoms with E-state index in [0.717, 1.165) is 15.8 Å². The molecule has 1 aliphatic heterocycles. The monoisotopic (exact) mass is 465 g/mol. The highest BCUT2D eigenvalue weighted by atomic mass is 79.9. The Bertz CT molecular complexity index is 923. The molecule has 5 nitrogen and oxygen atoms in total. The van der Waals surface area contributed by atoms with E-state index in [9.17, 15) is 13.2 Å². The molecule has 0 aromatic heterocycles. The lowest BCUT2D eigenvalue weighted by atomic mass is 10.1. The molecule has 0 atom stereocenters. The van der Waals surface area contributed by atoms with Gasteiger partial charge in [-0.05, 0) is 55.2 Å². The third-order valence-electron chi connectivity index (χ3n) is 5.16. The Morgan fingerprint density at radius 3 is 2.46 bits per heavy atom. The molecule has 0 bridgehead atoms. The van der Waals surface area contributed by atoms with Crippen molar-refractivity contribution in [3.05, 3.63) is 58.6 Å². The van der Waals surface area contributed by atoms with Crippen LogP contribution in [-0.4, -0.2) is 44.7 Å². The maximum atomic E-state index is 12.8. The Kier molecular flexibility index (Phi) is 6.78. The van der Waals surface area contributed by atoms with Crippen molar-refractivity contribution in [1.29, 1.82) is 0 Å². The number of carbonyl (C=O) groups excluding carboxylic acids is 1. The molecular formula is C21H24BrNO4S. The molecule has 1 amide bonds. The number of ether oxygens (including phenoxy) is 1. The zero-order valence-corrected chi connectivity index (χ0v) is 18.2. The van der Waals surface area contributed by atoms with E-state index in [1.807, 2.05) is 18.2 Å². The van der Waals surface area contributed by atoms with Gasteiger partial charge >= 0.3 is 0 Å². The number of hydrogen-bond acceptors (Lipinski definition) is 4. The van der Waals surface area contributed by atoms with Crippen LogP contribution in [0.25, 0.3) is 0 Å². The molecule has 7 heteroatoms. The molecular weight excluding hydrogens is 442 g/mol. The number of aryl methyl sites for hydroxylation is 1. The van der Waals surface area contributed by atoms with Gasteiger partial charge in [0.1, 0.15) is 5.75 Å². The lowest BCUT2D eigenvalue weighted by Crippen LogP contribution is -2.42. The van der Waals surface area contributed by atoms with Crippen LogP contribution in [0.2, 0.25) is 0 Å². The first-order chi connectivity index (χ1) is 13.4. The number of halogens is 1. The fourth-order valence-electron chi connectivity index (χ4n) is 3.56. The number of sulfone groups is 1. The van der Waals surface area contributed by atoms with E-state index in [4.69, 9.17) is 4.74 Å². The van der Waals surface area contributed by atoms with Gasteiger partial charge in [-0.3, -0.25) is 4.79 Å². The van der Waals surface area contributed by atoms with Gasteiger partial charge in [0.15, 0.2) is 9.84 Å². The molecule has 2 aromatic rings. The summed E-state index contributed by atoms with van der Waals surface area (Å²) in [6.45, 7) is 0.955. The molecule has 150 valence electrons. The second-order valence-corrected chi connectivity index (χ2v) is 10.0. The predicted molar refractivity (Wildman–Crippen MR) is 112 cm³/mol. The first kappa shape index (κ1) is 20.9. The Balaban J connectivity index is 1.56. The maximum Gasteiger partial charge on any atom is 0.222 e. The largest absolute Gasteiger partial charge is 0.496 e. The number of hydrogen-bond donors (Lipinski definition) is 0. The standard InChI is InChI=1S/C21H24BrNO4S/c1-27-20-9-8-17(22)15-16(20)7-10-21(24)23-13-11-19(12-14-23)28(25,26)18-5-3-2-4-6-18/h2-6,8-9,15,19H,7,10-14H2,1H3. The molecule has 0 saturated carbocycles. The summed E-state index contributed by atoms with van der Waals surface area (Å²) in [5.41, 5.74) is 0.978. The van der Waals surface area contributed by atoms with Crippen molar-refractivity contribution in [3.8, 4) is 5.75 Å². The van der Waals surface area contributed by atoms with Crippen LogP contribution >= 0.6 is 15.9 Å². The summed E-state index contributed by atoms with van der Waals surface area (Å²) in [6, 6.07) is 14.3. The summed E-state index contributed by atoms with van der Waals surface area (Å²) in [7, 11) is -1.72. The van der Waals surface area contributed by atoms with Crippen LogP contribution < -0.4 is 4.74 Å². The van der Waals surface area contributed by atoms with Gasteiger partial charge in [-0.15, -0.1) is 0 Å². The summed E-state index contributed by atoms with van der Waals surface area (Å²) in [6.07, 6.45) is 1.92. The van der Waals surface area contributed by atoms with Crippen LogP contribution in [-0.2, 0) is 21.1 Å². The van der Waals surface area contributed by atoms with E-state index < -0.39 is 15.1 Å². The van der Waals surface area contributed by atoms with Crippen molar-refractivity contribution < 1.29 is 17.9 Å². The summed E-state index contributed by atoms with van der Waals surface area (Å²) in [4.78, 5) is 14.7. The summed E-state index contributed by atoms with van der Waals surface area (Å²) < 4.78 is 31.8. The summed E-state index contributed by atoms with van der Waals surface area (Å²) >= 11 is 3.45. The summed E-state index contributed by atoms with van der Waals surface area (Å²) in [5.74, 6) is 0.821. The number of methoxy groups -OCH3 is 1. The second kappa shape index (κ2) is 9.09. The van der Waals surface area contributed by atoms with E-state index in [1.165, 1.54) is 0 Å². The van der Waals surface area contributed by atoms with E-state index in [1.54, 1.807) is 42.3 Å². The fraction of sp³-hybridized carbons (Fsp3) is 0.381. The molecule has 0 radical (unpaired) electrons. The topological polar surface area (TPSA) is 63.7 Å². The van der Waals surface area contributed by atoms with Crippen molar-refractivity contribution in [2.45, 2.75) is 35.8 Å². The molecule has 1 saturated heterocycles. The third kappa shape index (κ3) is 4.75. The Hall–Kier alpha value is -1.86. The van der Waals surface area contributed by atoms with Crippen LogP contribution in [0, 0.1) is 0 Å². The zero-order valence-electron chi connectivity index (χ0n) is 15.8. The first-order valence-corrected chi connectivity index (χ1v) is 11.6. The molecule has 28 heavy (non-hydrogen) atoms. The van der Waals surface area contributed by atoms with Crippen molar-refractivity contribution in [2.24, 2.45) is 0 Å². The van der Waals surface area contributed by atoms with E-state index in [-0.39, 0.29) is 5.91 Å². The average molecular weight is 466 g/mol. The average Bonchev–Trinajstić information content (AvgIpc) is 2.73. The number of carbonyl (C=O) groups is 1. The molecule has 0 N–H and O–H groups in total. The van der Waals surface area contributed by atoms with Crippen molar-refractivity contribution in [1.82, 2.24) is 4.90 Å². The number of benzene rings is 2. The molecule has 3 rings (SSSR count). The van der Waals surface area contributed by atoms with E-state index >= 15 is 0 Å². The summed E-state index contributed by atoms with van der Waals surface area (Å²) in [5, 5.41) is -0.427. The second-order valence-electron chi connectivity index (χ2n) is 6.89. The lowest BCUT2D eigenvalue weighted by Gasteiger charge is -2.32. The molecule has 0 aliphatic carbocycles. The first-order valence-electron chi connectivity index (χ1n) is 9.31. The van der Waals surface area contributed by atoms with Crippen molar-refractivity contribution in [3.63, 3.8) is 0 Å². The van der Waals surface area contributed by atoms with Gasteiger partial charge in [0.05, 0.1) is 17.3 Å². The maximum absolute atomic E-state index is 12.8. The third-order valence-corrected chi connectivity index (χ3v) is 7.93. The number of piperidine rings is 1. The van der Waals surface area contributed by atoms with Crippen LogP contribution in [0.3, 0.4) is 0 Å². The molecule has 1 aliphatic rings. The Morgan fingerprint density at radius 1 is 1.14 bits per heavy atom. The number of nitrogens with zero attached hydrogens (tertiary/aromatic N) is 1. The van der Waals surface area contributed by atoms with E-state index in [2.05, 4.69) is 15.9 Å². The smallest absolute Gasteiger partial charge is 0.222 e. The van der Waals surface area contributed by atoms with Gasteiger partial charge in [-0.25, -0.2) is 8.42 Å². The quantitative estimate of drug-likeness (QED) is 0.649. The highest BCUT2D eigenvalue weighted by Crippen LogP contribution is 2.26. The number of amides is 1. The van der Waals surface area contributed by atoms with Crippen LogP contribution in [0.1, 0.15) is 24.8 Å². The normalized spacial score (nSPS) is 15.4. The van der Waals surface area contributed by atoms with E-state index in [0.29, 0.717) is 43.7 Å². The highest BCUT2D eigenvalue weighted by molar-refractivity contribution is 9.10. The molecule has 0 unspecified atom stereocenters. The lowest BCUT2D eigenvalue weighted by molar-refractivity contribution is -0.132. The number of rotatable bonds is 6. The van der Waals surface area contributed by atoms with Gasteiger partial charge in [-0.1, -0.05) is 34.1 Å². The molecule has 1 heterocycles. The number of likely N-dealkylation sites (tertiary alicyclic amines) is 1. The van der Waals surface area contributed by atoms with Gasteiger partial charge in [0.25, 0.3) is 0 Å². The van der Waals surface area contributed by atoms with Crippen LogP contribution in [0.15, 0.2) is 57.9 Å². The highest BCUT2D eigenvalue weighted by Gasteiger charge is 2.32. The minimum atomic E-state index is -3.34. The van der Waals surface area contributed by atoms with Gasteiger partial charge < -0.3 is 9.64 Å². The minimum absolute atomic E-state index is 0.0533. The Labute approximate surface area is 174 Å². The van der Waals surface area contributed by atoms with Crippen LogP contribution in [0.5, 0.6) is 5.75 Å². The van der Waals surface area contributed by atoms with Crippen molar-refractivity contribution >= 4 is 31.7 Å². The minimum Gasteiger partial charge on any atom is -0.496 e. The molecule has 2 aromatic carbocycles. The van der Waals surface area contributed by atoms with Gasteiger partial charge in [-0.2, -0.15) is 0 Å². The molecule has 1 fully saturated rings. The fourth-order valence-corrected chi connectivity index (χ4v) is 5.72. The van der Waals surface area contributed by atoms with Gasteiger partial charge in [0, 0.05) is 24.0 Å². The Morgan fingerprint density at radius 2 is 1.82 bits per heavy atom. The van der Waals surface area contributed by atoms with Crippen LogP contribution in [0.4, 0.5) is 0 Å². The van der Waals surface area contributed by atoms with Gasteiger partial charge in [0.2, 0.25) is 5.91 Å². The van der Waals surface area contributed by atoms with Crippen molar-refractivity contribution in [2.75, 3.05) is 20.2 Å². The SMILES string of the molecule is COc1ccc(Br)cc1CCC(=O)N1CCC(S(=O)(=O)c2ccccc2)CC1. The molecule has 0 spiro atoms.